The van der Waals surface area contributed by atoms with Crippen LogP contribution in [0.15, 0.2) is 79.4 Å². The Balaban J connectivity index is 0.953. The number of aromatic nitrogens is 6. The maximum absolute atomic E-state index is 13.9. The highest BCUT2D eigenvalue weighted by Crippen LogP contribution is 2.32. The average molecular weight is 672 g/mol. The van der Waals surface area contributed by atoms with Crippen LogP contribution in [0.4, 0.5) is 5.69 Å². The molecule has 12 nitrogen and oxygen atoms in total. The number of aromatic amines is 1. The molecule has 1 aromatic carbocycles. The fourth-order valence-corrected chi connectivity index (χ4v) is 6.67. The Kier molecular flexibility index (Phi) is 9.61. The van der Waals surface area contributed by atoms with Crippen molar-refractivity contribution in [2.24, 2.45) is 5.92 Å². The maximum atomic E-state index is 13.9. The van der Waals surface area contributed by atoms with Crippen LogP contribution in [0.25, 0.3) is 39.1 Å². The second-order valence-corrected chi connectivity index (χ2v) is 13.0. The van der Waals surface area contributed by atoms with Gasteiger partial charge in [-0.1, -0.05) is 6.08 Å². The quantitative estimate of drug-likeness (QED) is 0.211. The van der Waals surface area contributed by atoms with Crippen LogP contribution in [0.1, 0.15) is 39.3 Å². The standard InChI is InChI=1S/C38H41N9O3/c1-4-47(30-8-10-33-31(20-30)36(44-43-33)27-7-11-34(42-21-27)50-25(2)3)38(49)29-12-17-45(23-29)24-35(48)46-18-13-26(14-19-46)32-9-6-28(22-41-32)37-39-15-5-16-40-37/h5-11,13,15-16,20-22,25,29H,4,12,14,17-19,23-24H2,1-3H3,(H,43,44). The van der Waals surface area contributed by atoms with Gasteiger partial charge in [-0.3, -0.25) is 24.6 Å². The first-order valence-corrected chi connectivity index (χ1v) is 17.2. The zero-order valence-corrected chi connectivity index (χ0v) is 28.6. The maximum Gasteiger partial charge on any atom is 0.237 e. The Labute approximate surface area is 291 Å². The van der Waals surface area contributed by atoms with E-state index in [2.05, 4.69) is 41.1 Å². The van der Waals surface area contributed by atoms with Gasteiger partial charge in [0.05, 0.1) is 29.8 Å². The average Bonchev–Trinajstić information content (AvgIpc) is 3.80. The second kappa shape index (κ2) is 14.6. The van der Waals surface area contributed by atoms with Gasteiger partial charge in [-0.15, -0.1) is 0 Å². The number of carbonyl (C=O) groups excluding carboxylic acids is 2. The number of nitrogens with zero attached hydrogens (tertiary/aromatic N) is 8. The van der Waals surface area contributed by atoms with Gasteiger partial charge < -0.3 is 14.5 Å². The molecular weight excluding hydrogens is 630 g/mol. The van der Waals surface area contributed by atoms with Gasteiger partial charge in [0.15, 0.2) is 5.82 Å². The van der Waals surface area contributed by atoms with Gasteiger partial charge in [-0.05, 0) is 88.2 Å². The second-order valence-electron chi connectivity index (χ2n) is 13.0. The number of carbonyl (C=O) groups is 2. The summed E-state index contributed by atoms with van der Waals surface area (Å²) in [5, 5.41) is 8.57. The third-order valence-corrected chi connectivity index (χ3v) is 9.27. The molecular formula is C38H41N9O3. The molecule has 4 aromatic heterocycles. The predicted molar refractivity (Wildman–Crippen MR) is 192 cm³/mol. The SMILES string of the molecule is CCN(C(=O)C1CCN(CC(=O)N2CC=C(c3ccc(-c4ncccn4)cn3)CC2)C1)c1ccc2[nH]nc(-c3ccc(OC(C)C)nc3)c2c1. The molecule has 1 atom stereocenters. The topological polar surface area (TPSA) is 133 Å². The molecule has 1 saturated heterocycles. The molecule has 0 bridgehead atoms. The zero-order chi connectivity index (χ0) is 34.6. The van der Waals surface area contributed by atoms with Crippen molar-refractivity contribution in [3.8, 4) is 28.5 Å². The van der Waals surface area contributed by atoms with Crippen LogP contribution in [0.3, 0.4) is 0 Å². The van der Waals surface area contributed by atoms with E-state index in [1.54, 1.807) is 30.9 Å². The summed E-state index contributed by atoms with van der Waals surface area (Å²) in [6.45, 7) is 9.23. The number of rotatable bonds is 10. The van der Waals surface area contributed by atoms with Gasteiger partial charge in [-0.2, -0.15) is 5.10 Å². The fourth-order valence-electron chi connectivity index (χ4n) is 6.67. The summed E-state index contributed by atoms with van der Waals surface area (Å²) in [5.41, 5.74) is 6.24. The number of pyridine rings is 2. The van der Waals surface area contributed by atoms with E-state index in [4.69, 9.17) is 4.74 Å². The largest absolute Gasteiger partial charge is 0.475 e. The molecule has 0 saturated carbocycles. The number of ether oxygens (including phenoxy) is 1. The van der Waals surface area contributed by atoms with Crippen molar-refractivity contribution >= 4 is 34.0 Å². The Morgan fingerprint density at radius 2 is 1.82 bits per heavy atom. The minimum Gasteiger partial charge on any atom is -0.475 e. The third kappa shape index (κ3) is 7.11. The summed E-state index contributed by atoms with van der Waals surface area (Å²) in [5.74, 6) is 1.19. The number of nitrogens with one attached hydrogen (secondary N) is 1. The summed E-state index contributed by atoms with van der Waals surface area (Å²) in [4.78, 5) is 50.7. The molecule has 6 heterocycles. The van der Waals surface area contributed by atoms with Crippen LogP contribution in [0.2, 0.25) is 0 Å². The number of anilines is 1. The number of fused-ring (bicyclic) bond motifs is 1. The van der Waals surface area contributed by atoms with Crippen molar-refractivity contribution in [1.29, 1.82) is 0 Å². The number of hydrogen-bond acceptors (Lipinski definition) is 9. The van der Waals surface area contributed by atoms with Gasteiger partial charge in [0, 0.05) is 79.2 Å². The molecule has 2 aliphatic rings. The van der Waals surface area contributed by atoms with Crippen molar-refractivity contribution < 1.29 is 14.3 Å². The van der Waals surface area contributed by atoms with Gasteiger partial charge in [0.2, 0.25) is 17.7 Å². The first kappa shape index (κ1) is 33.0. The Morgan fingerprint density at radius 1 is 1.00 bits per heavy atom. The number of H-pyrrole nitrogens is 1. The van der Waals surface area contributed by atoms with Crippen molar-refractivity contribution in [2.45, 2.75) is 39.7 Å². The van der Waals surface area contributed by atoms with Crippen LogP contribution in [-0.4, -0.2) is 97.1 Å². The van der Waals surface area contributed by atoms with E-state index in [-0.39, 0.29) is 23.8 Å². The van der Waals surface area contributed by atoms with Gasteiger partial charge in [-0.25, -0.2) is 15.0 Å². The lowest BCUT2D eigenvalue weighted by molar-refractivity contribution is -0.132. The normalized spacial score (nSPS) is 16.5. The molecule has 0 aliphatic carbocycles. The zero-order valence-electron chi connectivity index (χ0n) is 28.6. The number of benzene rings is 1. The van der Waals surface area contributed by atoms with Crippen molar-refractivity contribution in [2.75, 3.05) is 44.2 Å². The molecule has 2 amide bonds. The smallest absolute Gasteiger partial charge is 0.237 e. The van der Waals surface area contributed by atoms with Crippen molar-refractivity contribution in [3.05, 3.63) is 85.1 Å². The van der Waals surface area contributed by atoms with E-state index in [1.807, 2.05) is 73.0 Å². The molecule has 5 aromatic rings. The molecule has 0 radical (unpaired) electrons. The highest BCUT2D eigenvalue weighted by Gasteiger charge is 2.33. The molecule has 1 N–H and O–H groups in total. The van der Waals surface area contributed by atoms with Crippen LogP contribution in [0, 0.1) is 5.92 Å². The number of amides is 2. The Morgan fingerprint density at radius 3 is 2.52 bits per heavy atom. The Bertz CT molecular complexity index is 1990. The summed E-state index contributed by atoms with van der Waals surface area (Å²) >= 11 is 0. The fraction of sp³-hybridized carbons (Fsp3) is 0.342. The van der Waals surface area contributed by atoms with Gasteiger partial charge >= 0.3 is 0 Å². The lowest BCUT2D eigenvalue weighted by atomic mass is 10.0. The molecule has 0 spiro atoms. The lowest BCUT2D eigenvalue weighted by Gasteiger charge is -2.28. The molecule has 256 valence electrons. The van der Waals surface area contributed by atoms with Gasteiger partial charge in [0.25, 0.3) is 0 Å². The lowest BCUT2D eigenvalue weighted by Crippen LogP contribution is -2.42. The minimum atomic E-state index is -0.178. The Hall–Kier alpha value is -5.49. The van der Waals surface area contributed by atoms with Crippen LogP contribution in [-0.2, 0) is 9.59 Å². The molecule has 1 fully saturated rings. The van der Waals surface area contributed by atoms with Crippen LogP contribution < -0.4 is 9.64 Å². The van der Waals surface area contributed by atoms with Crippen molar-refractivity contribution in [1.82, 2.24) is 39.9 Å². The van der Waals surface area contributed by atoms with E-state index < -0.39 is 0 Å². The molecule has 2 aliphatic heterocycles. The van der Waals surface area contributed by atoms with Crippen molar-refractivity contribution in [3.63, 3.8) is 0 Å². The summed E-state index contributed by atoms with van der Waals surface area (Å²) in [7, 11) is 0. The monoisotopic (exact) mass is 671 g/mol. The summed E-state index contributed by atoms with van der Waals surface area (Å²) < 4.78 is 5.69. The number of hydrogen-bond donors (Lipinski definition) is 1. The molecule has 7 rings (SSSR count). The van der Waals surface area contributed by atoms with E-state index in [9.17, 15) is 9.59 Å². The number of likely N-dealkylation sites (tertiary alicyclic amines) is 1. The highest BCUT2D eigenvalue weighted by atomic mass is 16.5. The van der Waals surface area contributed by atoms with Crippen LogP contribution >= 0.6 is 0 Å². The van der Waals surface area contributed by atoms with E-state index in [0.29, 0.717) is 51.0 Å². The summed E-state index contributed by atoms with van der Waals surface area (Å²) in [6, 6.07) is 15.5. The van der Waals surface area contributed by atoms with Gasteiger partial charge in [0.1, 0.15) is 5.69 Å². The first-order chi connectivity index (χ1) is 24.4. The predicted octanol–water partition coefficient (Wildman–Crippen LogP) is 5.25. The molecule has 1 unspecified atom stereocenters. The van der Waals surface area contributed by atoms with E-state index in [1.165, 1.54) is 0 Å². The highest BCUT2D eigenvalue weighted by molar-refractivity contribution is 6.00. The molecule has 50 heavy (non-hydrogen) atoms. The van der Waals surface area contributed by atoms with E-state index in [0.717, 1.165) is 57.5 Å². The summed E-state index contributed by atoms with van der Waals surface area (Å²) in [6.07, 6.45) is 10.6. The third-order valence-electron chi connectivity index (χ3n) is 9.27. The minimum absolute atomic E-state index is 0.0401. The van der Waals surface area contributed by atoms with E-state index >= 15 is 0 Å². The van der Waals surface area contributed by atoms with Crippen LogP contribution in [0.5, 0.6) is 5.88 Å². The first-order valence-electron chi connectivity index (χ1n) is 17.2. The molecule has 12 heteroatoms.